The number of carbonyl (C=O) groups excluding carboxylic acids is 1. The van der Waals surface area contributed by atoms with Crippen molar-refractivity contribution in [2.75, 3.05) is 0 Å². The quantitative estimate of drug-likeness (QED) is 0.683. The van der Waals surface area contributed by atoms with Crippen LogP contribution in [-0.2, 0) is 4.79 Å². The Hall–Kier alpha value is -0.630. The van der Waals surface area contributed by atoms with Crippen LogP contribution in [0.15, 0.2) is 11.6 Å². The molecule has 2 nitrogen and oxygen atoms in total. The Morgan fingerprint density at radius 3 is 2.77 bits per heavy atom. The predicted octanol–water partition coefficient (Wildman–Crippen LogP) is 4.13. The van der Waals surface area contributed by atoms with Crippen LogP contribution in [0.1, 0.15) is 65.7 Å². The molecule has 122 valence electrons. The van der Waals surface area contributed by atoms with Gasteiger partial charge in [-0.05, 0) is 67.6 Å². The lowest BCUT2D eigenvalue weighted by Gasteiger charge is -2.59. The lowest BCUT2D eigenvalue weighted by Crippen LogP contribution is -2.53. The van der Waals surface area contributed by atoms with Gasteiger partial charge in [0.2, 0.25) is 0 Å². The van der Waals surface area contributed by atoms with Gasteiger partial charge in [0, 0.05) is 11.8 Å². The molecule has 0 spiro atoms. The van der Waals surface area contributed by atoms with E-state index in [9.17, 15) is 9.90 Å². The average molecular weight is 302 g/mol. The lowest BCUT2D eigenvalue weighted by molar-refractivity contribution is -0.132. The predicted molar refractivity (Wildman–Crippen MR) is 87.3 cm³/mol. The number of hydrogen-bond acceptors (Lipinski definition) is 2. The highest BCUT2D eigenvalue weighted by atomic mass is 16.3. The SMILES string of the molecule is CC1CC(O)CC2=CC[C@@H]3[C@@H](CC[C@]4(C)C(=O)CC[C@@H]34)[C@]21C. The topological polar surface area (TPSA) is 37.3 Å². The van der Waals surface area contributed by atoms with Crippen molar-refractivity contribution in [2.45, 2.75) is 71.8 Å². The van der Waals surface area contributed by atoms with Crippen LogP contribution in [0.2, 0.25) is 0 Å². The summed E-state index contributed by atoms with van der Waals surface area (Å²) in [6.45, 7) is 7.05. The Bertz CT molecular complexity index is 536. The minimum Gasteiger partial charge on any atom is -0.393 e. The van der Waals surface area contributed by atoms with Crippen molar-refractivity contribution in [1.29, 1.82) is 0 Å². The molecule has 1 N–H and O–H groups in total. The third kappa shape index (κ3) is 1.74. The molecule has 4 aliphatic carbocycles. The second-order valence-corrected chi connectivity index (χ2v) is 9.04. The fraction of sp³-hybridized carbons (Fsp3) is 0.850. The van der Waals surface area contributed by atoms with Crippen molar-refractivity contribution in [3.05, 3.63) is 11.6 Å². The first-order chi connectivity index (χ1) is 10.4. The molecule has 0 amide bonds. The molecule has 0 saturated heterocycles. The zero-order chi connectivity index (χ0) is 15.7. The van der Waals surface area contributed by atoms with Crippen LogP contribution >= 0.6 is 0 Å². The Morgan fingerprint density at radius 1 is 1.23 bits per heavy atom. The van der Waals surface area contributed by atoms with E-state index in [4.69, 9.17) is 0 Å². The van der Waals surface area contributed by atoms with Crippen LogP contribution in [0.25, 0.3) is 0 Å². The van der Waals surface area contributed by atoms with E-state index in [-0.39, 0.29) is 16.9 Å². The normalized spacial score (nSPS) is 54.3. The van der Waals surface area contributed by atoms with E-state index in [1.807, 2.05) is 0 Å². The van der Waals surface area contributed by atoms with Crippen LogP contribution in [0, 0.1) is 34.5 Å². The molecular weight excluding hydrogens is 272 g/mol. The molecule has 22 heavy (non-hydrogen) atoms. The van der Waals surface area contributed by atoms with Gasteiger partial charge in [0.25, 0.3) is 0 Å². The van der Waals surface area contributed by atoms with E-state index in [2.05, 4.69) is 26.8 Å². The summed E-state index contributed by atoms with van der Waals surface area (Å²) in [5.74, 6) is 3.10. The first-order valence-corrected chi connectivity index (χ1v) is 9.28. The van der Waals surface area contributed by atoms with E-state index in [0.717, 1.165) is 44.4 Å². The van der Waals surface area contributed by atoms with E-state index in [1.165, 1.54) is 12.0 Å². The van der Waals surface area contributed by atoms with Crippen LogP contribution in [0.3, 0.4) is 0 Å². The van der Waals surface area contributed by atoms with Crippen LogP contribution in [-0.4, -0.2) is 17.0 Å². The Balaban J connectivity index is 1.72. The summed E-state index contributed by atoms with van der Waals surface area (Å²) in [6.07, 6.45) is 9.50. The van der Waals surface area contributed by atoms with Gasteiger partial charge in [-0.2, -0.15) is 0 Å². The number of allylic oxidation sites excluding steroid dienone is 1. The van der Waals surface area contributed by atoms with E-state index < -0.39 is 0 Å². The van der Waals surface area contributed by atoms with Gasteiger partial charge in [-0.3, -0.25) is 4.79 Å². The molecule has 0 aliphatic heterocycles. The van der Waals surface area contributed by atoms with Crippen molar-refractivity contribution in [1.82, 2.24) is 0 Å². The summed E-state index contributed by atoms with van der Waals surface area (Å²) in [7, 11) is 0. The van der Waals surface area contributed by atoms with Crippen molar-refractivity contribution < 1.29 is 9.90 Å². The molecule has 3 fully saturated rings. The van der Waals surface area contributed by atoms with Gasteiger partial charge in [0.1, 0.15) is 5.78 Å². The number of rotatable bonds is 0. The van der Waals surface area contributed by atoms with E-state index in [1.54, 1.807) is 0 Å². The fourth-order valence-corrected chi connectivity index (χ4v) is 6.84. The summed E-state index contributed by atoms with van der Waals surface area (Å²) in [5.41, 5.74) is 1.75. The zero-order valence-electron chi connectivity index (χ0n) is 14.3. The summed E-state index contributed by atoms with van der Waals surface area (Å²) in [5, 5.41) is 10.2. The van der Waals surface area contributed by atoms with Gasteiger partial charge >= 0.3 is 0 Å². The molecule has 7 atom stereocenters. The molecule has 0 aromatic rings. The molecule has 0 aromatic carbocycles. The van der Waals surface area contributed by atoms with Crippen molar-refractivity contribution in [2.24, 2.45) is 34.5 Å². The molecular formula is C20H30O2. The number of Topliss-reactive ketones (excluding diaryl/α,β-unsaturated/α-hetero) is 1. The molecule has 0 aromatic heterocycles. The maximum atomic E-state index is 12.4. The molecule has 0 bridgehead atoms. The Labute approximate surface area is 134 Å². The number of hydrogen-bond donors (Lipinski definition) is 1. The molecule has 4 aliphatic rings. The van der Waals surface area contributed by atoms with Crippen LogP contribution in [0.5, 0.6) is 0 Å². The third-order valence-corrected chi connectivity index (χ3v) is 8.35. The van der Waals surface area contributed by atoms with E-state index in [0.29, 0.717) is 23.5 Å². The van der Waals surface area contributed by atoms with Gasteiger partial charge in [-0.25, -0.2) is 0 Å². The molecule has 2 unspecified atom stereocenters. The zero-order valence-corrected chi connectivity index (χ0v) is 14.3. The van der Waals surface area contributed by atoms with E-state index >= 15 is 0 Å². The minimum atomic E-state index is -0.146. The Kier molecular flexibility index (Phi) is 3.18. The summed E-state index contributed by atoms with van der Waals surface area (Å²) < 4.78 is 0. The first kappa shape index (κ1) is 14.9. The average Bonchev–Trinajstić information content (AvgIpc) is 2.77. The van der Waals surface area contributed by atoms with Crippen molar-refractivity contribution in [3.63, 3.8) is 0 Å². The smallest absolute Gasteiger partial charge is 0.139 e. The monoisotopic (exact) mass is 302 g/mol. The summed E-state index contributed by atoms with van der Waals surface area (Å²) >= 11 is 0. The number of ketones is 1. The third-order valence-electron chi connectivity index (χ3n) is 8.35. The fourth-order valence-electron chi connectivity index (χ4n) is 6.84. The molecule has 4 rings (SSSR count). The second kappa shape index (κ2) is 4.69. The standard InChI is InChI=1S/C20H30O2/c1-12-10-14(21)11-13-4-5-15-16-6-7-18(22)19(16,2)9-8-17(15)20(12,13)3/h4,12,14-17,21H,5-11H2,1-3H3/t12?,14?,15-,16-,17+,19-,20-/m0/s1. The highest BCUT2D eigenvalue weighted by molar-refractivity contribution is 5.87. The van der Waals surface area contributed by atoms with Crippen molar-refractivity contribution >= 4 is 5.78 Å². The number of aliphatic hydroxyl groups excluding tert-OH is 1. The van der Waals surface area contributed by atoms with Crippen molar-refractivity contribution in [3.8, 4) is 0 Å². The summed E-state index contributed by atoms with van der Waals surface area (Å²) in [4.78, 5) is 12.4. The number of aliphatic hydroxyl groups is 1. The lowest BCUT2D eigenvalue weighted by atomic mass is 9.46. The highest BCUT2D eigenvalue weighted by Crippen LogP contribution is 2.65. The van der Waals surface area contributed by atoms with Crippen LogP contribution < -0.4 is 0 Å². The largest absolute Gasteiger partial charge is 0.393 e. The highest BCUT2D eigenvalue weighted by Gasteiger charge is 2.59. The van der Waals surface area contributed by atoms with Crippen LogP contribution in [0.4, 0.5) is 0 Å². The van der Waals surface area contributed by atoms with Gasteiger partial charge in [-0.1, -0.05) is 32.4 Å². The minimum absolute atomic E-state index is 0.0275. The maximum absolute atomic E-state index is 12.4. The molecule has 3 saturated carbocycles. The second-order valence-electron chi connectivity index (χ2n) is 9.04. The summed E-state index contributed by atoms with van der Waals surface area (Å²) in [6, 6.07) is 0. The van der Waals surface area contributed by atoms with Gasteiger partial charge in [0.15, 0.2) is 0 Å². The maximum Gasteiger partial charge on any atom is 0.139 e. The molecule has 0 heterocycles. The first-order valence-electron chi connectivity index (χ1n) is 9.28. The number of carbonyl (C=O) groups is 1. The molecule has 2 heteroatoms. The van der Waals surface area contributed by atoms with Gasteiger partial charge < -0.3 is 5.11 Å². The van der Waals surface area contributed by atoms with Gasteiger partial charge in [0.05, 0.1) is 6.10 Å². The van der Waals surface area contributed by atoms with Gasteiger partial charge in [-0.15, -0.1) is 0 Å². The number of fused-ring (bicyclic) bond motifs is 5. The molecule has 0 radical (unpaired) electrons. The Morgan fingerprint density at radius 2 is 2.00 bits per heavy atom.